The molecule has 148 valence electrons. The average Bonchev–Trinajstić information content (AvgIpc) is 3.17. The van der Waals surface area contributed by atoms with Crippen molar-refractivity contribution in [2.24, 2.45) is 0 Å². The number of hydrogen-bond acceptors (Lipinski definition) is 7. The van der Waals surface area contributed by atoms with Gasteiger partial charge in [-0.25, -0.2) is 4.79 Å². The van der Waals surface area contributed by atoms with E-state index in [1.807, 2.05) is 0 Å². The first kappa shape index (κ1) is 21.2. The molecule has 0 bridgehead atoms. The Morgan fingerprint density at radius 3 is 2.43 bits per heavy atom. The van der Waals surface area contributed by atoms with Crippen molar-refractivity contribution in [3.8, 4) is 0 Å². The fourth-order valence-corrected chi connectivity index (χ4v) is 3.03. The number of ketones is 1. The van der Waals surface area contributed by atoms with Crippen LogP contribution in [0.3, 0.4) is 0 Å². The maximum atomic E-state index is 12.1. The molecule has 0 aliphatic heterocycles. The summed E-state index contributed by atoms with van der Waals surface area (Å²) in [5.41, 5.74) is 0.912. The van der Waals surface area contributed by atoms with Crippen LogP contribution in [0.15, 0.2) is 36.4 Å². The fraction of sp³-hybridized carbons (Fsp3) is 0.316. The Morgan fingerprint density at radius 2 is 1.82 bits per heavy atom. The molecule has 28 heavy (non-hydrogen) atoms. The number of amides is 1. The van der Waals surface area contributed by atoms with Gasteiger partial charge in [0.05, 0.1) is 4.92 Å². The van der Waals surface area contributed by atoms with E-state index in [0.29, 0.717) is 29.0 Å². The number of unbranched alkanes of at least 4 members (excludes halogenated alkanes) is 2. The summed E-state index contributed by atoms with van der Waals surface area (Å²) in [4.78, 5) is 45.9. The number of Topliss-reactive ketones (excluding diaryl/α,β-unsaturated/α-hetero) is 1. The molecule has 1 aromatic heterocycles. The fourth-order valence-electron chi connectivity index (χ4n) is 2.32. The number of nitro groups is 1. The van der Waals surface area contributed by atoms with Gasteiger partial charge in [-0.05, 0) is 36.8 Å². The van der Waals surface area contributed by atoms with Crippen molar-refractivity contribution in [2.75, 3.05) is 11.9 Å². The molecule has 0 saturated carbocycles. The molecule has 0 saturated heterocycles. The van der Waals surface area contributed by atoms with Crippen LogP contribution < -0.4 is 5.32 Å². The van der Waals surface area contributed by atoms with E-state index >= 15 is 0 Å². The molecule has 1 heterocycles. The first-order chi connectivity index (χ1) is 13.4. The number of anilines is 1. The van der Waals surface area contributed by atoms with E-state index in [0.717, 1.165) is 19.3 Å². The summed E-state index contributed by atoms with van der Waals surface area (Å²) >= 11 is 0.686. The maximum absolute atomic E-state index is 12.1. The number of esters is 1. The Labute approximate surface area is 165 Å². The summed E-state index contributed by atoms with van der Waals surface area (Å²) in [6.07, 6.45) is 3.32. The number of nitrogens with one attached hydrogen (secondary N) is 1. The molecule has 0 aliphatic rings. The van der Waals surface area contributed by atoms with Crippen LogP contribution in [-0.4, -0.2) is 29.2 Å². The predicted octanol–water partition coefficient (Wildman–Crippen LogP) is 4.21. The molecule has 0 aliphatic carbocycles. The Bertz CT molecular complexity index is 860. The zero-order chi connectivity index (χ0) is 20.5. The van der Waals surface area contributed by atoms with Crippen molar-refractivity contribution < 1.29 is 24.0 Å². The molecule has 2 aromatic rings. The Kier molecular flexibility index (Phi) is 7.82. The summed E-state index contributed by atoms with van der Waals surface area (Å²) in [6.45, 7) is 1.59. The quantitative estimate of drug-likeness (QED) is 0.208. The Balaban J connectivity index is 1.84. The molecule has 9 heteroatoms. The van der Waals surface area contributed by atoms with Gasteiger partial charge in [0.25, 0.3) is 0 Å². The first-order valence-corrected chi connectivity index (χ1v) is 9.56. The highest BCUT2D eigenvalue weighted by Gasteiger charge is 2.18. The van der Waals surface area contributed by atoms with Crippen LogP contribution in [-0.2, 0) is 9.53 Å². The highest BCUT2D eigenvalue weighted by molar-refractivity contribution is 7.17. The third-order valence-electron chi connectivity index (χ3n) is 3.81. The molecule has 0 atom stereocenters. The lowest BCUT2D eigenvalue weighted by molar-refractivity contribution is -0.380. The first-order valence-electron chi connectivity index (χ1n) is 8.75. The molecule has 1 amide bonds. The topological polar surface area (TPSA) is 116 Å². The largest absolute Gasteiger partial charge is 0.453 e. The lowest BCUT2D eigenvalue weighted by atomic mass is 10.1. The third-order valence-corrected chi connectivity index (χ3v) is 4.82. The molecule has 8 nitrogen and oxygen atoms in total. The lowest BCUT2D eigenvalue weighted by Crippen LogP contribution is -2.14. The normalized spacial score (nSPS) is 10.3. The van der Waals surface area contributed by atoms with Gasteiger partial charge in [0.2, 0.25) is 5.91 Å². The van der Waals surface area contributed by atoms with E-state index in [1.165, 1.54) is 24.3 Å². The molecular weight excluding hydrogens is 384 g/mol. The Hall–Kier alpha value is -3.07. The zero-order valence-electron chi connectivity index (χ0n) is 15.3. The number of benzene rings is 1. The van der Waals surface area contributed by atoms with E-state index in [2.05, 4.69) is 12.2 Å². The average molecular weight is 404 g/mol. The van der Waals surface area contributed by atoms with E-state index in [-0.39, 0.29) is 15.8 Å². The lowest BCUT2D eigenvalue weighted by Gasteiger charge is -2.07. The van der Waals surface area contributed by atoms with Crippen molar-refractivity contribution >= 4 is 39.7 Å². The van der Waals surface area contributed by atoms with Crippen LogP contribution in [0.4, 0.5) is 10.7 Å². The van der Waals surface area contributed by atoms with Crippen LogP contribution in [0, 0.1) is 10.1 Å². The predicted molar refractivity (Wildman–Crippen MR) is 105 cm³/mol. The second kappa shape index (κ2) is 10.3. The van der Waals surface area contributed by atoms with Crippen molar-refractivity contribution in [1.82, 2.24) is 0 Å². The van der Waals surface area contributed by atoms with E-state index in [9.17, 15) is 24.5 Å². The molecule has 0 radical (unpaired) electrons. The number of nitrogens with zero attached hydrogens (tertiary/aromatic N) is 1. The van der Waals surface area contributed by atoms with Crippen molar-refractivity contribution in [2.45, 2.75) is 32.6 Å². The maximum Gasteiger partial charge on any atom is 0.349 e. The highest BCUT2D eigenvalue weighted by atomic mass is 32.1. The van der Waals surface area contributed by atoms with Crippen LogP contribution in [0.2, 0.25) is 0 Å². The zero-order valence-corrected chi connectivity index (χ0v) is 16.1. The number of carbonyl (C=O) groups is 3. The minimum atomic E-state index is -0.789. The van der Waals surface area contributed by atoms with Gasteiger partial charge in [-0.2, -0.15) is 0 Å². The number of carbonyl (C=O) groups excluding carboxylic acids is 3. The van der Waals surface area contributed by atoms with Gasteiger partial charge in [0, 0.05) is 23.7 Å². The van der Waals surface area contributed by atoms with Crippen LogP contribution >= 0.6 is 11.3 Å². The molecule has 0 spiro atoms. The van der Waals surface area contributed by atoms with Gasteiger partial charge >= 0.3 is 11.0 Å². The standard InChI is InChI=1S/C19H20N2O6S/c1-2-3-4-5-17(23)20-14-8-6-13(7-9-14)15(22)12-27-19(24)16-10-11-18(28-16)21(25)26/h6-11H,2-5,12H2,1H3,(H,20,23). The number of rotatable bonds is 10. The summed E-state index contributed by atoms with van der Waals surface area (Å²) in [5, 5.41) is 13.2. The summed E-state index contributed by atoms with van der Waals surface area (Å²) in [7, 11) is 0. The SMILES string of the molecule is CCCCCC(=O)Nc1ccc(C(=O)COC(=O)c2ccc([N+](=O)[O-])s2)cc1. The van der Waals surface area contributed by atoms with E-state index in [4.69, 9.17) is 4.74 Å². The highest BCUT2D eigenvalue weighted by Crippen LogP contribution is 2.24. The van der Waals surface area contributed by atoms with Gasteiger partial charge in [-0.3, -0.25) is 19.7 Å². The van der Waals surface area contributed by atoms with Crippen LogP contribution in [0.1, 0.15) is 52.6 Å². The number of hydrogen-bond donors (Lipinski definition) is 1. The molecule has 0 fully saturated rings. The summed E-state index contributed by atoms with van der Waals surface area (Å²) in [5.74, 6) is -1.28. The number of thiophene rings is 1. The summed E-state index contributed by atoms with van der Waals surface area (Å²) < 4.78 is 4.92. The van der Waals surface area contributed by atoms with Gasteiger partial charge in [0.1, 0.15) is 4.88 Å². The van der Waals surface area contributed by atoms with Crippen LogP contribution in [0.5, 0.6) is 0 Å². The van der Waals surface area contributed by atoms with Crippen LogP contribution in [0.25, 0.3) is 0 Å². The van der Waals surface area contributed by atoms with Crippen molar-refractivity contribution in [3.63, 3.8) is 0 Å². The molecule has 0 unspecified atom stereocenters. The Morgan fingerprint density at radius 1 is 1.11 bits per heavy atom. The minimum absolute atomic E-state index is 0.0561. The van der Waals surface area contributed by atoms with Gasteiger partial charge in [-0.15, -0.1) is 0 Å². The van der Waals surface area contributed by atoms with Crippen molar-refractivity contribution in [1.29, 1.82) is 0 Å². The molecule has 1 N–H and O–H groups in total. The van der Waals surface area contributed by atoms with Gasteiger partial charge in [-0.1, -0.05) is 31.1 Å². The third kappa shape index (κ3) is 6.27. The van der Waals surface area contributed by atoms with Crippen molar-refractivity contribution in [3.05, 3.63) is 57.0 Å². The summed E-state index contributed by atoms with van der Waals surface area (Å²) in [6, 6.07) is 8.78. The molecular formula is C19H20N2O6S. The monoisotopic (exact) mass is 404 g/mol. The molecule has 1 aromatic carbocycles. The molecule has 2 rings (SSSR count). The second-order valence-electron chi connectivity index (χ2n) is 5.98. The van der Waals surface area contributed by atoms with E-state index in [1.54, 1.807) is 12.1 Å². The number of ether oxygens (including phenoxy) is 1. The van der Waals surface area contributed by atoms with Gasteiger partial charge in [0.15, 0.2) is 12.4 Å². The minimum Gasteiger partial charge on any atom is -0.453 e. The second-order valence-corrected chi connectivity index (χ2v) is 7.04. The van der Waals surface area contributed by atoms with Gasteiger partial charge < -0.3 is 10.1 Å². The van der Waals surface area contributed by atoms with E-state index < -0.39 is 23.3 Å². The smallest absolute Gasteiger partial charge is 0.349 e.